The standard InChI is InChI=1S/C24H27N7O3S/c1-15(2)26-22(33)27-18-8-5-6-16(12-18)13-31-20-9-4-3-7-17(20)10-11-19(21(31)32)28-23(34)29-24-30-25-14-35-24/h3-9,12,14-15,19H,10-11,13H2,1-2H3,(H2,26,27,33)(H2,28,29,30,34). The highest BCUT2D eigenvalue weighted by Gasteiger charge is 2.31. The van der Waals surface area contributed by atoms with Crippen LogP contribution in [0.3, 0.4) is 0 Å². The molecule has 4 N–H and O–H groups in total. The number of rotatable bonds is 6. The smallest absolute Gasteiger partial charge is 0.321 e. The van der Waals surface area contributed by atoms with Crippen molar-refractivity contribution in [3.8, 4) is 0 Å². The Morgan fingerprint density at radius 3 is 2.71 bits per heavy atom. The molecule has 5 amide bonds. The van der Waals surface area contributed by atoms with Gasteiger partial charge in [0.05, 0.1) is 6.54 Å². The van der Waals surface area contributed by atoms with Crippen molar-refractivity contribution in [1.29, 1.82) is 0 Å². The van der Waals surface area contributed by atoms with E-state index in [1.165, 1.54) is 16.8 Å². The van der Waals surface area contributed by atoms with Crippen molar-refractivity contribution in [2.75, 3.05) is 15.5 Å². The Hall–Kier alpha value is -3.99. The second kappa shape index (κ2) is 11.0. The molecule has 1 aromatic heterocycles. The molecule has 2 heterocycles. The minimum atomic E-state index is -0.714. The lowest BCUT2D eigenvalue weighted by atomic mass is 10.1. The Bertz CT molecular complexity index is 1200. The fraction of sp³-hybridized carbons (Fsp3) is 0.292. The number of urea groups is 2. The zero-order valence-electron chi connectivity index (χ0n) is 19.4. The third kappa shape index (κ3) is 6.33. The number of para-hydroxylation sites is 1. The Labute approximate surface area is 207 Å². The van der Waals surface area contributed by atoms with Crippen molar-refractivity contribution < 1.29 is 14.4 Å². The molecule has 2 aromatic carbocycles. The number of aryl methyl sites for hydroxylation is 1. The van der Waals surface area contributed by atoms with E-state index in [4.69, 9.17) is 0 Å². The summed E-state index contributed by atoms with van der Waals surface area (Å²) in [4.78, 5) is 39.9. The molecule has 1 aliphatic heterocycles. The first-order valence-electron chi connectivity index (χ1n) is 11.3. The topological polar surface area (TPSA) is 128 Å². The van der Waals surface area contributed by atoms with Crippen molar-refractivity contribution in [3.63, 3.8) is 0 Å². The van der Waals surface area contributed by atoms with Crippen molar-refractivity contribution in [2.24, 2.45) is 0 Å². The molecular formula is C24H27N7O3S. The van der Waals surface area contributed by atoms with Crippen molar-refractivity contribution in [1.82, 2.24) is 20.8 Å². The maximum atomic E-state index is 13.6. The molecular weight excluding hydrogens is 466 g/mol. The molecule has 10 nitrogen and oxygen atoms in total. The van der Waals surface area contributed by atoms with Gasteiger partial charge < -0.3 is 20.9 Å². The van der Waals surface area contributed by atoms with Crippen LogP contribution in [-0.2, 0) is 17.8 Å². The summed E-state index contributed by atoms with van der Waals surface area (Å²) in [7, 11) is 0. The molecule has 1 aliphatic rings. The molecule has 3 aromatic rings. The molecule has 4 rings (SSSR count). The highest BCUT2D eigenvalue weighted by atomic mass is 32.1. The normalized spacial score (nSPS) is 15.2. The van der Waals surface area contributed by atoms with Gasteiger partial charge in [0, 0.05) is 17.4 Å². The highest BCUT2D eigenvalue weighted by Crippen LogP contribution is 2.29. The van der Waals surface area contributed by atoms with Gasteiger partial charge in [0.25, 0.3) is 0 Å². The Morgan fingerprint density at radius 1 is 1.11 bits per heavy atom. The fourth-order valence-corrected chi connectivity index (χ4v) is 4.33. The van der Waals surface area contributed by atoms with Gasteiger partial charge >= 0.3 is 12.1 Å². The lowest BCUT2D eigenvalue weighted by molar-refractivity contribution is -0.120. The largest absolute Gasteiger partial charge is 0.336 e. The Kier molecular flexibility index (Phi) is 7.56. The van der Waals surface area contributed by atoms with Gasteiger partial charge in [0.2, 0.25) is 11.0 Å². The monoisotopic (exact) mass is 493 g/mol. The number of nitrogens with zero attached hydrogens (tertiary/aromatic N) is 3. The first kappa shape index (κ1) is 24.1. The summed E-state index contributed by atoms with van der Waals surface area (Å²) in [6.07, 6.45) is 1.10. The lowest BCUT2D eigenvalue weighted by Gasteiger charge is -2.26. The van der Waals surface area contributed by atoms with Gasteiger partial charge in [-0.3, -0.25) is 10.1 Å². The van der Waals surface area contributed by atoms with Crippen molar-refractivity contribution in [3.05, 3.63) is 65.2 Å². The van der Waals surface area contributed by atoms with Gasteiger partial charge in [-0.2, -0.15) is 0 Å². The molecule has 35 heavy (non-hydrogen) atoms. The summed E-state index contributed by atoms with van der Waals surface area (Å²) in [5, 5.41) is 18.9. The number of anilines is 3. The summed E-state index contributed by atoms with van der Waals surface area (Å²) in [6, 6.07) is 13.6. The van der Waals surface area contributed by atoms with Crippen LogP contribution in [0.15, 0.2) is 54.0 Å². The summed E-state index contributed by atoms with van der Waals surface area (Å²) < 4.78 is 0. The van der Waals surface area contributed by atoms with Gasteiger partial charge in [-0.15, -0.1) is 10.2 Å². The van der Waals surface area contributed by atoms with Crippen LogP contribution in [0.1, 0.15) is 31.4 Å². The molecule has 1 unspecified atom stereocenters. The second-order valence-corrected chi connectivity index (χ2v) is 9.27. The van der Waals surface area contributed by atoms with E-state index in [9.17, 15) is 14.4 Å². The average molecular weight is 494 g/mol. The molecule has 0 bridgehead atoms. The van der Waals surface area contributed by atoms with Crippen LogP contribution in [0.2, 0.25) is 0 Å². The number of benzene rings is 2. The number of hydrogen-bond acceptors (Lipinski definition) is 6. The van der Waals surface area contributed by atoms with E-state index >= 15 is 0 Å². The maximum absolute atomic E-state index is 13.6. The van der Waals surface area contributed by atoms with E-state index in [1.54, 1.807) is 11.0 Å². The van der Waals surface area contributed by atoms with E-state index in [1.807, 2.05) is 56.3 Å². The Morgan fingerprint density at radius 2 is 1.94 bits per heavy atom. The molecule has 1 atom stereocenters. The van der Waals surface area contributed by atoms with Gasteiger partial charge in [-0.25, -0.2) is 9.59 Å². The zero-order chi connectivity index (χ0) is 24.8. The predicted octanol–water partition coefficient (Wildman–Crippen LogP) is 3.74. The summed E-state index contributed by atoms with van der Waals surface area (Å²) >= 11 is 1.19. The molecule has 182 valence electrons. The Balaban J connectivity index is 1.53. The predicted molar refractivity (Wildman–Crippen MR) is 136 cm³/mol. The molecule has 11 heteroatoms. The molecule has 0 saturated carbocycles. The van der Waals surface area contributed by atoms with Gasteiger partial charge in [-0.05, 0) is 56.0 Å². The second-order valence-electron chi connectivity index (χ2n) is 8.44. The van der Waals surface area contributed by atoms with E-state index in [0.29, 0.717) is 23.7 Å². The van der Waals surface area contributed by atoms with Gasteiger partial charge in [0.15, 0.2) is 0 Å². The number of hydrogen-bond donors (Lipinski definition) is 4. The number of nitrogens with one attached hydrogen (secondary N) is 4. The van der Waals surface area contributed by atoms with Gasteiger partial charge in [0.1, 0.15) is 11.6 Å². The minimum Gasteiger partial charge on any atom is -0.336 e. The number of fused-ring (bicyclic) bond motifs is 1. The number of aromatic nitrogens is 2. The van der Waals surface area contributed by atoms with Crippen molar-refractivity contribution >= 4 is 45.8 Å². The molecule has 0 fully saturated rings. The van der Waals surface area contributed by atoms with E-state index < -0.39 is 12.1 Å². The highest BCUT2D eigenvalue weighted by molar-refractivity contribution is 7.13. The summed E-state index contributed by atoms with van der Waals surface area (Å²) in [5.74, 6) is -0.210. The van der Waals surface area contributed by atoms with Crippen LogP contribution < -0.4 is 26.2 Å². The summed E-state index contributed by atoms with van der Waals surface area (Å²) in [5.41, 5.74) is 4.82. The molecule has 0 radical (unpaired) electrons. The third-order valence-corrected chi connectivity index (χ3v) is 5.99. The fourth-order valence-electron chi connectivity index (χ4n) is 3.89. The molecule has 0 saturated heterocycles. The van der Waals surface area contributed by atoms with E-state index in [0.717, 1.165) is 16.8 Å². The third-order valence-electron chi connectivity index (χ3n) is 5.38. The van der Waals surface area contributed by atoms with E-state index in [2.05, 4.69) is 31.5 Å². The molecule has 0 spiro atoms. The SMILES string of the molecule is CC(C)NC(=O)Nc1cccc(CN2C(=O)C(NC(=O)Nc3nncs3)CCc3ccccc32)c1. The first-order valence-corrected chi connectivity index (χ1v) is 12.2. The minimum absolute atomic E-state index is 0.0119. The van der Waals surface area contributed by atoms with Crippen LogP contribution in [0.4, 0.5) is 26.1 Å². The van der Waals surface area contributed by atoms with Crippen LogP contribution in [-0.4, -0.2) is 40.3 Å². The van der Waals surface area contributed by atoms with Crippen LogP contribution in [0.25, 0.3) is 0 Å². The van der Waals surface area contributed by atoms with Crippen LogP contribution in [0.5, 0.6) is 0 Å². The lowest BCUT2D eigenvalue weighted by Crippen LogP contribution is -2.49. The zero-order valence-corrected chi connectivity index (χ0v) is 20.3. The molecule has 0 aliphatic carbocycles. The van der Waals surface area contributed by atoms with Crippen LogP contribution in [0, 0.1) is 0 Å². The maximum Gasteiger partial charge on any atom is 0.321 e. The number of amides is 5. The average Bonchev–Trinajstić information content (AvgIpc) is 3.28. The number of carbonyl (C=O) groups excluding carboxylic acids is 3. The first-order chi connectivity index (χ1) is 16.9. The van der Waals surface area contributed by atoms with Crippen molar-refractivity contribution in [2.45, 2.75) is 45.3 Å². The van der Waals surface area contributed by atoms with Gasteiger partial charge in [-0.1, -0.05) is 41.7 Å². The summed E-state index contributed by atoms with van der Waals surface area (Å²) in [6.45, 7) is 4.06. The number of carbonyl (C=O) groups is 3. The van der Waals surface area contributed by atoms with E-state index in [-0.39, 0.29) is 24.5 Å². The van der Waals surface area contributed by atoms with Crippen LogP contribution >= 0.6 is 11.3 Å². The quantitative estimate of drug-likeness (QED) is 0.416.